The number of hydrogen-bond acceptors (Lipinski definition) is 1. The highest BCUT2D eigenvalue weighted by atomic mass is 19.3. The van der Waals surface area contributed by atoms with Gasteiger partial charge in [0.05, 0.1) is 6.61 Å². The molecule has 0 fully saturated rings. The second kappa shape index (κ2) is 7.71. The van der Waals surface area contributed by atoms with Crippen molar-refractivity contribution >= 4 is 0 Å². The zero-order chi connectivity index (χ0) is 13.4. The summed E-state index contributed by atoms with van der Waals surface area (Å²) >= 11 is 0. The monoisotopic (exact) mass is 256 g/mol. The van der Waals surface area contributed by atoms with Crippen molar-refractivity contribution in [3.05, 3.63) is 60.5 Å². The summed E-state index contributed by atoms with van der Waals surface area (Å²) in [6.07, 6.45) is -1.49. The van der Waals surface area contributed by atoms with E-state index in [9.17, 15) is 13.2 Å². The van der Waals surface area contributed by atoms with Crippen LogP contribution in [0.4, 0.5) is 13.2 Å². The van der Waals surface area contributed by atoms with Crippen LogP contribution >= 0.6 is 0 Å². The molecular weight excluding hydrogens is 241 g/mol. The molecule has 0 N–H and O–H groups in total. The first-order chi connectivity index (χ1) is 8.65. The van der Waals surface area contributed by atoms with Crippen molar-refractivity contribution < 1.29 is 17.9 Å². The summed E-state index contributed by atoms with van der Waals surface area (Å²) in [5.41, 5.74) is 0.955. The molecule has 0 aliphatic heterocycles. The molecule has 0 aromatic heterocycles. The van der Waals surface area contributed by atoms with Gasteiger partial charge in [0.2, 0.25) is 0 Å². The van der Waals surface area contributed by atoms with Crippen molar-refractivity contribution in [2.45, 2.75) is 18.9 Å². The smallest absolute Gasteiger partial charge is 0.304 e. The number of halogens is 3. The number of hydrogen-bond donors (Lipinski definition) is 0. The lowest BCUT2D eigenvalue weighted by atomic mass is 10.1. The van der Waals surface area contributed by atoms with E-state index >= 15 is 0 Å². The Labute approximate surface area is 105 Å². The molecule has 0 aliphatic rings. The maximum Gasteiger partial charge on any atom is 0.304 e. The van der Waals surface area contributed by atoms with Gasteiger partial charge in [0.25, 0.3) is 0 Å². The second-order valence-corrected chi connectivity index (χ2v) is 3.74. The fourth-order valence-corrected chi connectivity index (χ4v) is 1.53. The Morgan fingerprint density at radius 1 is 1.22 bits per heavy atom. The van der Waals surface area contributed by atoms with Gasteiger partial charge in [-0.1, -0.05) is 36.4 Å². The first-order valence-corrected chi connectivity index (χ1v) is 5.62. The van der Waals surface area contributed by atoms with Crippen LogP contribution < -0.4 is 0 Å². The average molecular weight is 256 g/mol. The molecule has 1 nitrogen and oxygen atoms in total. The van der Waals surface area contributed by atoms with Gasteiger partial charge in [-0.2, -0.15) is 8.78 Å². The fraction of sp³-hybridized carbons (Fsp3) is 0.286. The zero-order valence-electron chi connectivity index (χ0n) is 9.91. The standard InChI is InChI=1S/C14H15F3O/c1-2-10-18-12(13(15)14(16)17)9-8-11-6-4-3-5-7-11/h2-7,12H,1,8-10H2/t12-/m1/s1. The van der Waals surface area contributed by atoms with Gasteiger partial charge < -0.3 is 4.74 Å². The first kappa shape index (κ1) is 14.5. The third-order valence-corrected chi connectivity index (χ3v) is 2.42. The average Bonchev–Trinajstić information content (AvgIpc) is 2.39. The van der Waals surface area contributed by atoms with Gasteiger partial charge in [-0.3, -0.25) is 0 Å². The molecule has 0 saturated heterocycles. The van der Waals surface area contributed by atoms with E-state index < -0.39 is 18.0 Å². The summed E-state index contributed by atoms with van der Waals surface area (Å²) in [6, 6.07) is 9.26. The Morgan fingerprint density at radius 2 is 1.89 bits per heavy atom. The molecule has 0 aliphatic carbocycles. The van der Waals surface area contributed by atoms with Crippen molar-refractivity contribution in [2.75, 3.05) is 6.61 Å². The molecule has 1 atom stereocenters. The number of rotatable bonds is 7. The SMILES string of the molecule is C=CCO[C@H](CCc1ccccc1)C(F)=C(F)F. The molecule has 1 rings (SSSR count). The Balaban J connectivity index is 2.62. The summed E-state index contributed by atoms with van der Waals surface area (Å²) in [5.74, 6) is -1.49. The topological polar surface area (TPSA) is 9.23 Å². The van der Waals surface area contributed by atoms with Crippen LogP contribution in [0.15, 0.2) is 54.9 Å². The summed E-state index contributed by atoms with van der Waals surface area (Å²) in [4.78, 5) is 0. The van der Waals surface area contributed by atoms with E-state index in [4.69, 9.17) is 4.74 Å². The van der Waals surface area contributed by atoms with Gasteiger partial charge >= 0.3 is 6.08 Å². The zero-order valence-corrected chi connectivity index (χ0v) is 9.91. The van der Waals surface area contributed by atoms with Gasteiger partial charge in [-0.05, 0) is 18.4 Å². The third-order valence-electron chi connectivity index (χ3n) is 2.42. The first-order valence-electron chi connectivity index (χ1n) is 5.62. The summed E-state index contributed by atoms with van der Waals surface area (Å²) < 4.78 is 42.7. The van der Waals surface area contributed by atoms with E-state index in [2.05, 4.69) is 6.58 Å². The van der Waals surface area contributed by atoms with Crippen LogP contribution in [0, 0.1) is 0 Å². The van der Waals surface area contributed by atoms with E-state index in [1.807, 2.05) is 30.3 Å². The molecule has 0 amide bonds. The van der Waals surface area contributed by atoms with E-state index in [0.717, 1.165) is 5.56 Å². The highest BCUT2D eigenvalue weighted by Gasteiger charge is 2.19. The number of ether oxygens (including phenoxy) is 1. The molecule has 0 unspecified atom stereocenters. The van der Waals surface area contributed by atoms with Crippen LogP contribution in [0.2, 0.25) is 0 Å². The molecule has 1 aromatic carbocycles. The van der Waals surface area contributed by atoms with Crippen molar-refractivity contribution in [1.82, 2.24) is 0 Å². The van der Waals surface area contributed by atoms with Crippen LogP contribution in [0.3, 0.4) is 0 Å². The normalized spacial score (nSPS) is 11.9. The Bertz CT molecular complexity index is 397. The maximum atomic E-state index is 13.2. The van der Waals surface area contributed by atoms with Crippen LogP contribution in [-0.4, -0.2) is 12.7 Å². The lowest BCUT2D eigenvalue weighted by Gasteiger charge is -2.14. The quantitative estimate of drug-likeness (QED) is 0.662. The molecule has 4 heteroatoms. The minimum Gasteiger partial charge on any atom is -0.367 e. The van der Waals surface area contributed by atoms with E-state index in [-0.39, 0.29) is 13.0 Å². The minimum atomic E-state index is -2.32. The lowest BCUT2D eigenvalue weighted by molar-refractivity contribution is 0.0713. The van der Waals surface area contributed by atoms with Crippen LogP contribution in [-0.2, 0) is 11.2 Å². The largest absolute Gasteiger partial charge is 0.367 e. The highest BCUT2D eigenvalue weighted by Crippen LogP contribution is 2.20. The number of benzene rings is 1. The third kappa shape index (κ3) is 4.75. The van der Waals surface area contributed by atoms with Crippen LogP contribution in [0.5, 0.6) is 0 Å². The molecule has 0 bridgehead atoms. The predicted molar refractivity (Wildman–Crippen MR) is 65.1 cm³/mol. The molecule has 18 heavy (non-hydrogen) atoms. The Morgan fingerprint density at radius 3 is 2.44 bits per heavy atom. The van der Waals surface area contributed by atoms with Crippen molar-refractivity contribution in [2.24, 2.45) is 0 Å². The molecule has 0 heterocycles. The maximum absolute atomic E-state index is 13.2. The molecule has 1 aromatic rings. The van der Waals surface area contributed by atoms with Gasteiger partial charge in [-0.25, -0.2) is 4.39 Å². The molecule has 0 saturated carbocycles. The number of aryl methyl sites for hydroxylation is 1. The van der Waals surface area contributed by atoms with Gasteiger partial charge in [0, 0.05) is 0 Å². The highest BCUT2D eigenvalue weighted by molar-refractivity contribution is 5.15. The fourth-order valence-electron chi connectivity index (χ4n) is 1.53. The van der Waals surface area contributed by atoms with Crippen molar-refractivity contribution in [3.8, 4) is 0 Å². The molecule has 0 radical (unpaired) electrons. The Kier molecular flexibility index (Phi) is 6.22. The van der Waals surface area contributed by atoms with Crippen LogP contribution in [0.25, 0.3) is 0 Å². The predicted octanol–water partition coefficient (Wildman–Crippen LogP) is 4.27. The molecule has 98 valence electrons. The van der Waals surface area contributed by atoms with Gasteiger partial charge in [0.1, 0.15) is 6.10 Å². The van der Waals surface area contributed by atoms with Gasteiger partial charge in [0.15, 0.2) is 5.83 Å². The Hall–Kier alpha value is -1.55. The van der Waals surface area contributed by atoms with Crippen molar-refractivity contribution in [3.63, 3.8) is 0 Å². The summed E-state index contributed by atoms with van der Waals surface area (Å²) in [5, 5.41) is 0. The van der Waals surface area contributed by atoms with Gasteiger partial charge in [-0.15, -0.1) is 6.58 Å². The minimum absolute atomic E-state index is 0.0418. The van der Waals surface area contributed by atoms with E-state index in [0.29, 0.717) is 6.42 Å². The molecular formula is C14H15F3O. The summed E-state index contributed by atoms with van der Waals surface area (Å²) in [7, 11) is 0. The van der Waals surface area contributed by atoms with Crippen molar-refractivity contribution in [1.29, 1.82) is 0 Å². The molecule has 0 spiro atoms. The lowest BCUT2D eigenvalue weighted by Crippen LogP contribution is -2.15. The second-order valence-electron chi connectivity index (χ2n) is 3.74. The van der Waals surface area contributed by atoms with E-state index in [1.54, 1.807) is 0 Å². The summed E-state index contributed by atoms with van der Waals surface area (Å²) in [6.45, 7) is 3.45. The van der Waals surface area contributed by atoms with E-state index in [1.165, 1.54) is 6.08 Å². The van der Waals surface area contributed by atoms with Crippen LogP contribution in [0.1, 0.15) is 12.0 Å².